The molecule has 0 unspecified atom stereocenters. The Bertz CT molecular complexity index is 1110. The second kappa shape index (κ2) is 8.27. The van der Waals surface area contributed by atoms with Crippen LogP contribution in [0.2, 0.25) is 0 Å². The van der Waals surface area contributed by atoms with Crippen molar-refractivity contribution in [2.45, 2.75) is 73.4 Å². The summed E-state index contributed by atoms with van der Waals surface area (Å²) in [5.74, 6) is 0.569. The van der Waals surface area contributed by atoms with Crippen molar-refractivity contribution in [3.05, 3.63) is 53.9 Å². The van der Waals surface area contributed by atoms with Gasteiger partial charge in [-0.15, -0.1) is 0 Å². The van der Waals surface area contributed by atoms with Gasteiger partial charge in [0, 0.05) is 36.7 Å². The van der Waals surface area contributed by atoms with Crippen molar-refractivity contribution in [3.8, 4) is 0 Å². The highest BCUT2D eigenvalue weighted by Gasteiger charge is 2.53. The molecule has 2 aromatic rings. The average Bonchev–Trinajstić information content (AvgIpc) is 3.50. The van der Waals surface area contributed by atoms with Gasteiger partial charge in [0.15, 0.2) is 0 Å². The normalized spacial score (nSPS) is 21.6. The number of nitrogens with zero attached hydrogens (tertiary/aromatic N) is 3. The van der Waals surface area contributed by atoms with Gasteiger partial charge in [0.2, 0.25) is 0 Å². The maximum atomic E-state index is 12.8. The zero-order chi connectivity index (χ0) is 23.3. The van der Waals surface area contributed by atoms with Crippen LogP contribution < -0.4 is 4.90 Å². The van der Waals surface area contributed by atoms with E-state index >= 15 is 0 Å². The smallest absolute Gasteiger partial charge is 0.357 e. The number of alkyl halides is 3. The molecule has 3 fully saturated rings. The molecular weight excluding hydrogens is 451 g/mol. The van der Waals surface area contributed by atoms with E-state index in [0.29, 0.717) is 12.6 Å². The lowest BCUT2D eigenvalue weighted by atomic mass is 9.83. The second-order valence-electron chi connectivity index (χ2n) is 9.61. The predicted octanol–water partition coefficient (Wildman–Crippen LogP) is 5.24. The summed E-state index contributed by atoms with van der Waals surface area (Å²) in [7, 11) is -5.33. The first-order chi connectivity index (χ1) is 15.7. The lowest BCUT2D eigenvalue weighted by Crippen LogP contribution is -2.32. The molecule has 2 heterocycles. The molecule has 2 saturated carbocycles. The zero-order valence-corrected chi connectivity index (χ0v) is 19.2. The van der Waals surface area contributed by atoms with Gasteiger partial charge in [-0.1, -0.05) is 19.3 Å². The zero-order valence-electron chi connectivity index (χ0n) is 18.4. The fraction of sp³-hybridized carbons (Fsp3) is 0.542. The maximum Gasteiger partial charge on any atom is 0.501 e. The number of anilines is 1. The van der Waals surface area contributed by atoms with Crippen molar-refractivity contribution < 1.29 is 21.6 Å². The number of rotatable bonds is 5. The molecule has 0 N–H and O–H groups in total. The summed E-state index contributed by atoms with van der Waals surface area (Å²) < 4.78 is 61.9. The molecule has 1 aromatic heterocycles. The first-order valence-corrected chi connectivity index (χ1v) is 13.0. The van der Waals surface area contributed by atoms with E-state index in [0.717, 1.165) is 43.8 Å². The second-order valence-corrected chi connectivity index (χ2v) is 11.6. The minimum atomic E-state index is -5.33. The molecule has 1 saturated heterocycles. The highest BCUT2D eigenvalue weighted by molar-refractivity contribution is 7.92. The lowest BCUT2D eigenvalue weighted by Gasteiger charge is -2.27. The van der Waals surface area contributed by atoms with Crippen LogP contribution in [0.5, 0.6) is 0 Å². The Morgan fingerprint density at radius 3 is 2.36 bits per heavy atom. The van der Waals surface area contributed by atoms with Gasteiger partial charge in [0.05, 0.1) is 11.6 Å². The van der Waals surface area contributed by atoms with Gasteiger partial charge in [0.25, 0.3) is 9.84 Å². The molecule has 5 nitrogen and oxygen atoms in total. The Morgan fingerprint density at radius 1 is 1.03 bits per heavy atom. The first kappa shape index (κ1) is 22.7. The third kappa shape index (κ3) is 4.25. The van der Waals surface area contributed by atoms with E-state index in [-0.39, 0.29) is 5.54 Å². The maximum absolute atomic E-state index is 12.8. The van der Waals surface area contributed by atoms with Crippen molar-refractivity contribution >= 4 is 15.5 Å². The van der Waals surface area contributed by atoms with Crippen LogP contribution in [0, 0.1) is 0 Å². The SMILES string of the molecule is O=S(=O)(c1ccc(N2CN(Cc3ccncc3C3CCCCC3)C3(CC3)C2)cc1)C(F)(F)F. The molecule has 3 aliphatic rings. The van der Waals surface area contributed by atoms with E-state index in [1.807, 2.05) is 12.4 Å². The summed E-state index contributed by atoms with van der Waals surface area (Å²) in [6, 6.07) is 7.21. The number of hydrogen-bond acceptors (Lipinski definition) is 5. The van der Waals surface area contributed by atoms with Crippen LogP contribution in [0.1, 0.15) is 62.0 Å². The van der Waals surface area contributed by atoms with Gasteiger partial charge in [-0.3, -0.25) is 9.88 Å². The third-order valence-electron chi connectivity index (χ3n) is 7.49. The molecule has 2 aliphatic carbocycles. The summed E-state index contributed by atoms with van der Waals surface area (Å²) in [5, 5.41) is 0. The number of halogens is 3. The van der Waals surface area contributed by atoms with Crippen molar-refractivity contribution in [2.24, 2.45) is 0 Å². The highest BCUT2D eigenvalue weighted by atomic mass is 32.2. The Hall–Kier alpha value is -2.13. The molecule has 178 valence electrons. The minimum absolute atomic E-state index is 0.0871. The van der Waals surface area contributed by atoms with Gasteiger partial charge in [-0.25, -0.2) is 8.42 Å². The summed E-state index contributed by atoms with van der Waals surface area (Å²) >= 11 is 0. The van der Waals surface area contributed by atoms with E-state index in [1.165, 1.54) is 55.4 Å². The van der Waals surface area contributed by atoms with Crippen LogP contribution in [0.3, 0.4) is 0 Å². The van der Waals surface area contributed by atoms with Gasteiger partial charge in [0.1, 0.15) is 0 Å². The van der Waals surface area contributed by atoms with Crippen molar-refractivity contribution in [3.63, 3.8) is 0 Å². The van der Waals surface area contributed by atoms with Gasteiger partial charge in [-0.05, 0) is 73.1 Å². The van der Waals surface area contributed by atoms with E-state index in [2.05, 4.69) is 20.9 Å². The summed E-state index contributed by atoms with van der Waals surface area (Å²) in [4.78, 5) is 8.28. The highest BCUT2D eigenvalue weighted by Crippen LogP contribution is 2.48. The largest absolute Gasteiger partial charge is 0.501 e. The molecule has 1 aromatic carbocycles. The van der Waals surface area contributed by atoms with Crippen LogP contribution in [0.15, 0.2) is 47.6 Å². The molecule has 33 heavy (non-hydrogen) atoms. The summed E-state index contributed by atoms with van der Waals surface area (Å²) in [6.07, 6.45) is 12.3. The van der Waals surface area contributed by atoms with Crippen LogP contribution in [0.4, 0.5) is 18.9 Å². The average molecular weight is 480 g/mol. The molecule has 9 heteroatoms. The molecule has 5 rings (SSSR count). The predicted molar refractivity (Wildman–Crippen MR) is 119 cm³/mol. The van der Waals surface area contributed by atoms with E-state index < -0.39 is 20.2 Å². The monoisotopic (exact) mass is 479 g/mol. The van der Waals surface area contributed by atoms with Crippen molar-refractivity contribution in [1.29, 1.82) is 0 Å². The first-order valence-electron chi connectivity index (χ1n) is 11.5. The van der Waals surface area contributed by atoms with Crippen molar-refractivity contribution in [2.75, 3.05) is 18.1 Å². The van der Waals surface area contributed by atoms with Gasteiger partial charge in [-0.2, -0.15) is 13.2 Å². The molecule has 0 bridgehead atoms. The Morgan fingerprint density at radius 2 is 1.73 bits per heavy atom. The number of sulfone groups is 1. The molecule has 1 aliphatic heterocycles. The van der Waals surface area contributed by atoms with Gasteiger partial charge >= 0.3 is 5.51 Å². The summed E-state index contributed by atoms with van der Waals surface area (Å²) in [5.41, 5.74) is -1.79. The minimum Gasteiger partial charge on any atom is -0.357 e. The molecule has 0 atom stereocenters. The standard InChI is InChI=1S/C24H28F3N3O2S/c25-24(26,27)33(31,32)21-8-6-20(7-9-21)29-16-23(11-12-23)30(17-29)15-19-10-13-28-14-22(19)18-4-2-1-3-5-18/h6-10,13-14,18H,1-5,11-12,15-17H2. The number of benzene rings is 1. The number of aromatic nitrogens is 1. The molecule has 1 spiro atoms. The number of pyridine rings is 1. The Balaban J connectivity index is 1.33. The van der Waals surface area contributed by atoms with Crippen LogP contribution >= 0.6 is 0 Å². The van der Waals surface area contributed by atoms with Crippen LogP contribution in [-0.4, -0.2) is 42.6 Å². The fourth-order valence-electron chi connectivity index (χ4n) is 5.41. The van der Waals surface area contributed by atoms with Crippen molar-refractivity contribution in [1.82, 2.24) is 9.88 Å². The number of hydrogen-bond donors (Lipinski definition) is 0. The molecule has 0 amide bonds. The molecule has 0 radical (unpaired) electrons. The fourth-order valence-corrected chi connectivity index (χ4v) is 6.17. The van der Waals surface area contributed by atoms with Crippen LogP contribution in [-0.2, 0) is 16.4 Å². The van der Waals surface area contributed by atoms with Gasteiger partial charge < -0.3 is 4.90 Å². The molecular formula is C24H28F3N3O2S. The Labute approximate surface area is 192 Å². The van der Waals surface area contributed by atoms with E-state index in [9.17, 15) is 21.6 Å². The van der Waals surface area contributed by atoms with Crippen LogP contribution in [0.25, 0.3) is 0 Å². The quantitative estimate of drug-likeness (QED) is 0.588. The Kier molecular flexibility index (Phi) is 5.68. The van der Waals surface area contributed by atoms with E-state index in [4.69, 9.17) is 0 Å². The summed E-state index contributed by atoms with van der Waals surface area (Å²) in [6.45, 7) is 2.28. The lowest BCUT2D eigenvalue weighted by molar-refractivity contribution is -0.0436. The van der Waals surface area contributed by atoms with E-state index in [1.54, 1.807) is 0 Å². The topological polar surface area (TPSA) is 53.5 Å². The third-order valence-corrected chi connectivity index (χ3v) is 9.00.